The Morgan fingerprint density at radius 2 is 1.83 bits per heavy atom. The number of halogens is 1. The van der Waals surface area contributed by atoms with E-state index in [1.165, 1.54) is 5.69 Å². The third-order valence-electron chi connectivity index (χ3n) is 3.66. The van der Waals surface area contributed by atoms with Crippen LogP contribution in [-0.2, 0) is 4.79 Å². The van der Waals surface area contributed by atoms with Crippen LogP contribution in [0.4, 0.5) is 5.69 Å². The number of carbonyl (C=O) groups excluding carboxylic acids is 1. The van der Waals surface area contributed by atoms with Gasteiger partial charge in [-0.15, -0.1) is 11.8 Å². The van der Waals surface area contributed by atoms with Crippen molar-refractivity contribution in [2.45, 2.75) is 23.5 Å². The molecule has 2 aromatic carbocycles. The highest BCUT2D eigenvalue weighted by Gasteiger charge is 2.13. The molecule has 0 saturated heterocycles. The van der Waals surface area contributed by atoms with Crippen LogP contribution in [0.5, 0.6) is 0 Å². The van der Waals surface area contributed by atoms with Gasteiger partial charge in [0.15, 0.2) is 0 Å². The average Bonchev–Trinajstić information content (AvgIpc) is 2.61. The van der Waals surface area contributed by atoms with Gasteiger partial charge in [-0.25, -0.2) is 0 Å². The molecule has 3 nitrogen and oxygen atoms in total. The first-order valence-corrected chi connectivity index (χ1v) is 9.28. The lowest BCUT2D eigenvalue weighted by atomic mass is 10.3. The van der Waals surface area contributed by atoms with Crippen LogP contribution in [-0.4, -0.2) is 31.3 Å². The molecule has 0 aliphatic rings. The van der Waals surface area contributed by atoms with Gasteiger partial charge in [0, 0.05) is 35.7 Å². The Morgan fingerprint density at radius 1 is 1.17 bits per heavy atom. The molecule has 128 valence electrons. The van der Waals surface area contributed by atoms with Crippen LogP contribution in [0.1, 0.15) is 13.3 Å². The zero-order chi connectivity index (χ0) is 17.4. The number of nitrogens with one attached hydrogen (secondary N) is 1. The molecule has 1 atom stereocenters. The van der Waals surface area contributed by atoms with Crippen molar-refractivity contribution in [3.8, 4) is 0 Å². The molecule has 5 heteroatoms. The van der Waals surface area contributed by atoms with Crippen LogP contribution in [0, 0.1) is 0 Å². The molecule has 0 heterocycles. The van der Waals surface area contributed by atoms with E-state index in [0.717, 1.165) is 17.9 Å². The lowest BCUT2D eigenvalue weighted by molar-refractivity contribution is -0.120. The highest BCUT2D eigenvalue weighted by atomic mass is 35.5. The fourth-order valence-electron chi connectivity index (χ4n) is 2.25. The molecule has 0 fully saturated rings. The molecular formula is C19H23ClN2OS. The number of benzene rings is 2. The van der Waals surface area contributed by atoms with Crippen molar-refractivity contribution in [1.82, 2.24) is 5.32 Å². The van der Waals surface area contributed by atoms with Crippen LogP contribution in [0.3, 0.4) is 0 Å². The largest absolute Gasteiger partial charge is 0.375 e. The number of rotatable bonds is 8. The maximum Gasteiger partial charge on any atom is 0.233 e. The van der Waals surface area contributed by atoms with E-state index in [9.17, 15) is 4.79 Å². The average molecular weight is 363 g/mol. The molecule has 1 amide bonds. The van der Waals surface area contributed by atoms with Gasteiger partial charge >= 0.3 is 0 Å². The van der Waals surface area contributed by atoms with E-state index in [0.29, 0.717) is 11.6 Å². The molecule has 2 rings (SSSR count). The summed E-state index contributed by atoms with van der Waals surface area (Å²) in [5.74, 6) is 0.0670. The second kappa shape index (κ2) is 9.60. The van der Waals surface area contributed by atoms with Gasteiger partial charge in [-0.1, -0.05) is 29.8 Å². The van der Waals surface area contributed by atoms with Gasteiger partial charge < -0.3 is 10.2 Å². The zero-order valence-corrected chi connectivity index (χ0v) is 15.6. The molecule has 0 aliphatic carbocycles. The minimum atomic E-state index is -0.127. The number of anilines is 1. The standard InChI is InChI=1S/C19H23ClN2OS/c1-15(24-18-11-9-16(20)10-12-18)19(23)21-13-6-14-22(2)17-7-4-3-5-8-17/h3-5,7-12,15H,6,13-14H2,1-2H3,(H,21,23). The summed E-state index contributed by atoms with van der Waals surface area (Å²) < 4.78 is 0. The van der Waals surface area contributed by atoms with Crippen molar-refractivity contribution in [3.05, 3.63) is 59.6 Å². The number of hydrogen-bond donors (Lipinski definition) is 1. The van der Waals surface area contributed by atoms with E-state index in [-0.39, 0.29) is 11.2 Å². The Kier molecular flexibility index (Phi) is 7.47. The normalized spacial score (nSPS) is 11.8. The molecule has 1 N–H and O–H groups in total. The van der Waals surface area contributed by atoms with Crippen molar-refractivity contribution < 1.29 is 4.79 Å². The maximum atomic E-state index is 12.2. The van der Waals surface area contributed by atoms with Crippen molar-refractivity contribution in [2.24, 2.45) is 0 Å². The number of hydrogen-bond acceptors (Lipinski definition) is 3. The SMILES string of the molecule is CC(Sc1ccc(Cl)cc1)C(=O)NCCCN(C)c1ccccc1. The summed E-state index contributed by atoms with van der Waals surface area (Å²) in [7, 11) is 2.07. The first-order valence-electron chi connectivity index (χ1n) is 8.02. The second-order valence-electron chi connectivity index (χ2n) is 5.62. The number of carbonyl (C=O) groups is 1. The van der Waals surface area contributed by atoms with Gasteiger partial charge in [0.25, 0.3) is 0 Å². The summed E-state index contributed by atoms with van der Waals surface area (Å²) in [5.41, 5.74) is 1.19. The predicted octanol–water partition coefficient (Wildman–Crippen LogP) is 4.46. The van der Waals surface area contributed by atoms with Crippen molar-refractivity contribution >= 4 is 35.0 Å². The number of thioether (sulfide) groups is 1. The summed E-state index contributed by atoms with van der Waals surface area (Å²) in [4.78, 5) is 15.4. The van der Waals surface area contributed by atoms with Crippen molar-refractivity contribution in [2.75, 3.05) is 25.0 Å². The maximum absolute atomic E-state index is 12.2. The quantitative estimate of drug-likeness (QED) is 0.555. The molecule has 0 spiro atoms. The molecule has 0 radical (unpaired) electrons. The first kappa shape index (κ1) is 18.7. The van der Waals surface area contributed by atoms with Gasteiger partial charge in [-0.2, -0.15) is 0 Å². The Morgan fingerprint density at radius 3 is 2.50 bits per heavy atom. The fraction of sp³-hybridized carbons (Fsp3) is 0.316. The Labute approximate surface area is 153 Å². The van der Waals surface area contributed by atoms with E-state index in [1.807, 2.05) is 49.4 Å². The predicted molar refractivity (Wildman–Crippen MR) is 104 cm³/mol. The number of nitrogens with zero attached hydrogens (tertiary/aromatic N) is 1. The van der Waals surface area contributed by atoms with Gasteiger partial charge in [-0.05, 0) is 49.7 Å². The van der Waals surface area contributed by atoms with E-state index >= 15 is 0 Å². The van der Waals surface area contributed by atoms with Crippen molar-refractivity contribution in [1.29, 1.82) is 0 Å². The van der Waals surface area contributed by atoms with Crippen LogP contribution in [0.15, 0.2) is 59.5 Å². The van der Waals surface area contributed by atoms with E-state index in [1.54, 1.807) is 11.8 Å². The summed E-state index contributed by atoms with van der Waals surface area (Å²) in [5, 5.41) is 3.59. The number of para-hydroxylation sites is 1. The summed E-state index contributed by atoms with van der Waals surface area (Å²) in [6.45, 7) is 3.51. The van der Waals surface area contributed by atoms with Gasteiger partial charge in [0.2, 0.25) is 5.91 Å². The highest BCUT2D eigenvalue weighted by molar-refractivity contribution is 8.00. The fourth-order valence-corrected chi connectivity index (χ4v) is 3.27. The highest BCUT2D eigenvalue weighted by Crippen LogP contribution is 2.24. The van der Waals surface area contributed by atoms with Gasteiger partial charge in [0.1, 0.15) is 0 Å². The lowest BCUT2D eigenvalue weighted by Gasteiger charge is -2.19. The monoisotopic (exact) mass is 362 g/mol. The zero-order valence-electron chi connectivity index (χ0n) is 14.0. The third kappa shape index (κ3) is 6.10. The minimum absolute atomic E-state index is 0.0670. The first-order chi connectivity index (χ1) is 11.6. The van der Waals surface area contributed by atoms with Gasteiger partial charge in [0.05, 0.1) is 5.25 Å². The van der Waals surface area contributed by atoms with E-state index < -0.39 is 0 Å². The van der Waals surface area contributed by atoms with Crippen molar-refractivity contribution in [3.63, 3.8) is 0 Å². The Bertz CT molecular complexity index is 634. The Balaban J connectivity index is 1.68. The molecule has 0 aliphatic heterocycles. The number of amides is 1. The van der Waals surface area contributed by atoms with Crippen LogP contribution >= 0.6 is 23.4 Å². The summed E-state index contributed by atoms with van der Waals surface area (Å²) in [6.07, 6.45) is 0.912. The molecule has 0 saturated carbocycles. The van der Waals surface area contributed by atoms with Gasteiger partial charge in [-0.3, -0.25) is 4.79 Å². The molecule has 1 unspecified atom stereocenters. The topological polar surface area (TPSA) is 32.3 Å². The molecular weight excluding hydrogens is 340 g/mol. The molecule has 0 bridgehead atoms. The minimum Gasteiger partial charge on any atom is -0.375 e. The van der Waals surface area contributed by atoms with E-state index in [2.05, 4.69) is 29.4 Å². The molecule has 2 aromatic rings. The third-order valence-corrected chi connectivity index (χ3v) is 5.03. The smallest absolute Gasteiger partial charge is 0.233 e. The van der Waals surface area contributed by atoms with Crippen LogP contribution < -0.4 is 10.2 Å². The Hall–Kier alpha value is -1.65. The molecule has 24 heavy (non-hydrogen) atoms. The van der Waals surface area contributed by atoms with Crippen LogP contribution in [0.2, 0.25) is 5.02 Å². The molecule has 0 aromatic heterocycles. The summed E-state index contributed by atoms with van der Waals surface area (Å²) in [6, 6.07) is 17.8. The summed E-state index contributed by atoms with van der Waals surface area (Å²) >= 11 is 7.41. The van der Waals surface area contributed by atoms with E-state index in [4.69, 9.17) is 11.6 Å². The van der Waals surface area contributed by atoms with Crippen LogP contribution in [0.25, 0.3) is 0 Å². The lowest BCUT2D eigenvalue weighted by Crippen LogP contribution is -2.33. The second-order valence-corrected chi connectivity index (χ2v) is 7.47.